The lowest BCUT2D eigenvalue weighted by Crippen LogP contribution is -2.54. The zero-order valence-electron chi connectivity index (χ0n) is 12.3. The maximum Gasteiger partial charge on any atom is 0.335 e. The van der Waals surface area contributed by atoms with Crippen LogP contribution in [0.25, 0.3) is 6.08 Å². The van der Waals surface area contributed by atoms with E-state index >= 15 is 0 Å². The molecular formula is C17H12N2O5. The molecule has 0 unspecified atom stereocenters. The monoisotopic (exact) mass is 324 g/mol. The molecule has 1 fully saturated rings. The summed E-state index contributed by atoms with van der Waals surface area (Å²) in [4.78, 5) is 37.4. The number of hydrogen-bond acceptors (Lipinski definition) is 5. The molecule has 3 N–H and O–H groups in total. The van der Waals surface area contributed by atoms with Crippen molar-refractivity contribution in [2.45, 2.75) is 0 Å². The highest BCUT2D eigenvalue weighted by Gasteiger charge is 2.36. The Morgan fingerprint density at radius 3 is 2.29 bits per heavy atom. The molecule has 120 valence electrons. The van der Waals surface area contributed by atoms with Crippen LogP contribution in [0.4, 0.5) is 10.5 Å². The number of amides is 4. The number of benzene rings is 2. The zero-order chi connectivity index (χ0) is 17.3. The lowest BCUT2D eigenvalue weighted by Gasteiger charge is -2.26. The second-order valence-electron chi connectivity index (χ2n) is 5.04. The Balaban J connectivity index is 2.02. The number of phenolic OH excluding ortho intramolecular Hbond substituents is 2. The number of nitrogens with zero attached hydrogens (tertiary/aromatic N) is 1. The molecule has 2 aromatic rings. The van der Waals surface area contributed by atoms with Crippen LogP contribution >= 0.6 is 0 Å². The summed E-state index contributed by atoms with van der Waals surface area (Å²) in [5.41, 5.74) is 0.390. The molecule has 1 saturated heterocycles. The first kappa shape index (κ1) is 15.3. The van der Waals surface area contributed by atoms with Crippen molar-refractivity contribution < 1.29 is 24.6 Å². The van der Waals surface area contributed by atoms with Gasteiger partial charge in [-0.2, -0.15) is 0 Å². The SMILES string of the molecule is O=C1NC(=O)N(c2ccccc2)C(=O)/C1=C/c1ccc(O)c(O)c1. The quantitative estimate of drug-likeness (QED) is 0.443. The van der Waals surface area contributed by atoms with E-state index in [0.717, 1.165) is 4.90 Å². The highest BCUT2D eigenvalue weighted by atomic mass is 16.3. The molecule has 1 heterocycles. The van der Waals surface area contributed by atoms with Crippen molar-refractivity contribution in [3.05, 3.63) is 59.7 Å². The van der Waals surface area contributed by atoms with Crippen molar-refractivity contribution in [1.82, 2.24) is 5.32 Å². The van der Waals surface area contributed by atoms with Crippen LogP contribution in [-0.2, 0) is 9.59 Å². The molecule has 0 spiro atoms. The number of urea groups is 1. The highest BCUT2D eigenvalue weighted by Crippen LogP contribution is 2.27. The number of imide groups is 2. The van der Waals surface area contributed by atoms with Crippen LogP contribution in [0.2, 0.25) is 0 Å². The number of carbonyl (C=O) groups excluding carboxylic acids is 3. The molecule has 7 nitrogen and oxygen atoms in total. The number of aromatic hydroxyl groups is 2. The summed E-state index contributed by atoms with van der Waals surface area (Å²) in [7, 11) is 0. The third-order valence-corrected chi connectivity index (χ3v) is 3.43. The molecule has 0 saturated carbocycles. The van der Waals surface area contributed by atoms with Crippen molar-refractivity contribution in [2.75, 3.05) is 4.90 Å². The summed E-state index contributed by atoms with van der Waals surface area (Å²) in [5.74, 6) is -2.31. The van der Waals surface area contributed by atoms with E-state index < -0.39 is 17.8 Å². The highest BCUT2D eigenvalue weighted by molar-refractivity contribution is 6.39. The fourth-order valence-corrected chi connectivity index (χ4v) is 2.27. The fourth-order valence-electron chi connectivity index (χ4n) is 2.27. The summed E-state index contributed by atoms with van der Waals surface area (Å²) >= 11 is 0. The summed E-state index contributed by atoms with van der Waals surface area (Å²) in [5, 5.41) is 20.9. The fraction of sp³-hybridized carbons (Fsp3) is 0. The van der Waals surface area contributed by atoms with E-state index in [2.05, 4.69) is 5.32 Å². The van der Waals surface area contributed by atoms with Crippen LogP contribution in [0.5, 0.6) is 11.5 Å². The van der Waals surface area contributed by atoms with Gasteiger partial charge in [0, 0.05) is 0 Å². The predicted octanol–water partition coefficient (Wildman–Crippen LogP) is 1.76. The summed E-state index contributed by atoms with van der Waals surface area (Å²) < 4.78 is 0. The van der Waals surface area contributed by atoms with Crippen molar-refractivity contribution in [3.63, 3.8) is 0 Å². The van der Waals surface area contributed by atoms with Crippen LogP contribution in [0.3, 0.4) is 0 Å². The van der Waals surface area contributed by atoms with E-state index in [0.29, 0.717) is 11.3 Å². The molecule has 0 aromatic heterocycles. The number of phenols is 2. The largest absolute Gasteiger partial charge is 0.504 e. The van der Waals surface area contributed by atoms with Crippen LogP contribution < -0.4 is 10.2 Å². The van der Waals surface area contributed by atoms with Crippen molar-refractivity contribution in [1.29, 1.82) is 0 Å². The van der Waals surface area contributed by atoms with Gasteiger partial charge in [-0.05, 0) is 35.9 Å². The van der Waals surface area contributed by atoms with Crippen molar-refractivity contribution in [2.24, 2.45) is 0 Å². The third-order valence-electron chi connectivity index (χ3n) is 3.43. The minimum atomic E-state index is -0.832. The maximum atomic E-state index is 12.6. The molecule has 0 aliphatic carbocycles. The molecule has 1 aliphatic rings. The van der Waals surface area contributed by atoms with Crippen LogP contribution in [0.1, 0.15) is 5.56 Å². The van der Waals surface area contributed by atoms with Gasteiger partial charge in [-0.3, -0.25) is 14.9 Å². The third kappa shape index (κ3) is 2.70. The number of hydrogen-bond donors (Lipinski definition) is 3. The number of para-hydroxylation sites is 1. The van der Waals surface area contributed by atoms with E-state index in [1.807, 2.05) is 0 Å². The number of carbonyl (C=O) groups is 3. The van der Waals surface area contributed by atoms with Gasteiger partial charge in [0.1, 0.15) is 5.57 Å². The number of nitrogens with one attached hydrogen (secondary N) is 1. The normalized spacial score (nSPS) is 16.4. The molecule has 0 atom stereocenters. The first-order chi connectivity index (χ1) is 11.5. The van der Waals surface area contributed by atoms with Gasteiger partial charge in [0.2, 0.25) is 0 Å². The lowest BCUT2D eigenvalue weighted by molar-refractivity contribution is -0.122. The first-order valence-corrected chi connectivity index (χ1v) is 6.96. The van der Waals surface area contributed by atoms with E-state index in [4.69, 9.17) is 0 Å². The van der Waals surface area contributed by atoms with Gasteiger partial charge in [-0.15, -0.1) is 0 Å². The number of anilines is 1. The van der Waals surface area contributed by atoms with E-state index in [1.54, 1.807) is 30.3 Å². The van der Waals surface area contributed by atoms with Crippen molar-refractivity contribution in [3.8, 4) is 11.5 Å². The van der Waals surface area contributed by atoms with Crippen LogP contribution in [-0.4, -0.2) is 28.1 Å². The van der Waals surface area contributed by atoms with Gasteiger partial charge in [0.15, 0.2) is 11.5 Å². The molecular weight excluding hydrogens is 312 g/mol. The smallest absolute Gasteiger partial charge is 0.335 e. The zero-order valence-corrected chi connectivity index (χ0v) is 12.3. The Hall–Kier alpha value is -3.61. The maximum absolute atomic E-state index is 12.6. The Kier molecular flexibility index (Phi) is 3.75. The van der Waals surface area contributed by atoms with Gasteiger partial charge in [-0.25, -0.2) is 9.69 Å². The Labute approximate surface area is 136 Å². The molecule has 7 heteroatoms. The van der Waals surface area contributed by atoms with Gasteiger partial charge in [-0.1, -0.05) is 24.3 Å². The minimum absolute atomic E-state index is 0.261. The predicted molar refractivity (Wildman–Crippen MR) is 85.2 cm³/mol. The number of rotatable bonds is 2. The molecule has 1 aliphatic heterocycles. The minimum Gasteiger partial charge on any atom is -0.504 e. The Bertz CT molecular complexity index is 874. The molecule has 0 bridgehead atoms. The molecule has 0 radical (unpaired) electrons. The van der Waals surface area contributed by atoms with Crippen LogP contribution in [0, 0.1) is 0 Å². The Morgan fingerprint density at radius 1 is 0.917 bits per heavy atom. The topological polar surface area (TPSA) is 107 Å². The van der Waals surface area contributed by atoms with E-state index in [1.165, 1.54) is 24.3 Å². The molecule has 4 amide bonds. The van der Waals surface area contributed by atoms with Crippen molar-refractivity contribution >= 4 is 29.6 Å². The van der Waals surface area contributed by atoms with Gasteiger partial charge in [0.05, 0.1) is 5.69 Å². The van der Waals surface area contributed by atoms with Gasteiger partial charge >= 0.3 is 6.03 Å². The number of barbiturate groups is 1. The standard InChI is InChI=1S/C17H12N2O5/c20-13-7-6-10(9-14(13)21)8-12-15(22)18-17(24)19(16(12)23)11-4-2-1-3-5-11/h1-9,20-21H,(H,18,22,24)/b12-8+. The van der Waals surface area contributed by atoms with Crippen LogP contribution in [0.15, 0.2) is 54.1 Å². The Morgan fingerprint density at radius 2 is 1.62 bits per heavy atom. The van der Waals surface area contributed by atoms with Gasteiger partial charge in [0.25, 0.3) is 11.8 Å². The second kappa shape index (κ2) is 5.88. The van der Waals surface area contributed by atoms with E-state index in [9.17, 15) is 24.6 Å². The summed E-state index contributed by atoms with van der Waals surface area (Å²) in [6, 6.07) is 11.2. The summed E-state index contributed by atoms with van der Waals surface area (Å²) in [6.45, 7) is 0. The molecule has 3 rings (SSSR count). The van der Waals surface area contributed by atoms with E-state index in [-0.39, 0.29) is 17.1 Å². The summed E-state index contributed by atoms with van der Waals surface area (Å²) in [6.07, 6.45) is 1.24. The average molecular weight is 324 g/mol. The first-order valence-electron chi connectivity index (χ1n) is 6.96. The molecule has 2 aromatic carbocycles. The molecule has 24 heavy (non-hydrogen) atoms. The second-order valence-corrected chi connectivity index (χ2v) is 5.04. The lowest BCUT2D eigenvalue weighted by atomic mass is 10.1. The average Bonchev–Trinajstić information content (AvgIpc) is 2.55. The van der Waals surface area contributed by atoms with Gasteiger partial charge < -0.3 is 10.2 Å².